The van der Waals surface area contributed by atoms with Crippen LogP contribution in [0.5, 0.6) is 0 Å². The minimum atomic E-state index is -0.267. The number of nitrogen functional groups attached to an aromatic ring is 1. The monoisotopic (exact) mass is 273 g/mol. The summed E-state index contributed by atoms with van der Waals surface area (Å²) in [7, 11) is 0. The number of rotatable bonds is 4. The zero-order chi connectivity index (χ0) is 14.5. The molecule has 0 spiro atoms. The summed E-state index contributed by atoms with van der Waals surface area (Å²) in [5.74, 6) is -0.517. The summed E-state index contributed by atoms with van der Waals surface area (Å²) in [5, 5.41) is 2.84. The molecule has 20 heavy (non-hydrogen) atoms. The Bertz CT molecular complexity index is 581. The molecule has 0 aliphatic carbocycles. The predicted octanol–water partition coefficient (Wildman–Crippen LogP) is 2.16. The maximum absolute atomic E-state index is 12.8. The van der Waals surface area contributed by atoms with Crippen molar-refractivity contribution in [2.75, 3.05) is 5.73 Å². The number of amides is 1. The van der Waals surface area contributed by atoms with E-state index in [0.29, 0.717) is 17.8 Å². The first-order valence-electron chi connectivity index (χ1n) is 6.31. The first kappa shape index (κ1) is 14.0. The third kappa shape index (κ3) is 3.78. The minimum absolute atomic E-state index is 0.0766. The zero-order valence-corrected chi connectivity index (χ0v) is 11.1. The fourth-order valence-electron chi connectivity index (χ4n) is 1.86. The van der Waals surface area contributed by atoms with Crippen molar-refractivity contribution in [1.29, 1.82) is 0 Å². The van der Waals surface area contributed by atoms with Crippen molar-refractivity contribution in [3.63, 3.8) is 0 Å². The van der Waals surface area contributed by atoms with E-state index in [0.717, 1.165) is 5.56 Å². The van der Waals surface area contributed by atoms with E-state index < -0.39 is 0 Å². The molecule has 1 atom stereocenters. The number of benzene rings is 1. The van der Waals surface area contributed by atoms with E-state index in [1.54, 1.807) is 24.3 Å². The lowest BCUT2D eigenvalue weighted by molar-refractivity contribution is 0.0935. The molecular weight excluding hydrogens is 257 g/mol. The van der Waals surface area contributed by atoms with Crippen LogP contribution in [0.1, 0.15) is 23.0 Å². The van der Waals surface area contributed by atoms with Crippen LogP contribution in [0.25, 0.3) is 0 Å². The lowest BCUT2D eigenvalue weighted by Gasteiger charge is -2.13. The maximum Gasteiger partial charge on any atom is 0.270 e. The van der Waals surface area contributed by atoms with Crippen molar-refractivity contribution in [1.82, 2.24) is 10.3 Å². The normalized spacial score (nSPS) is 11.9. The summed E-state index contributed by atoms with van der Waals surface area (Å²) in [4.78, 5) is 15.9. The van der Waals surface area contributed by atoms with Gasteiger partial charge < -0.3 is 11.1 Å². The Morgan fingerprint density at radius 1 is 1.30 bits per heavy atom. The number of halogens is 1. The van der Waals surface area contributed by atoms with Crippen LogP contribution in [0, 0.1) is 5.82 Å². The van der Waals surface area contributed by atoms with Gasteiger partial charge in [-0.15, -0.1) is 0 Å². The summed E-state index contributed by atoms with van der Waals surface area (Å²) < 4.78 is 12.8. The van der Waals surface area contributed by atoms with Crippen molar-refractivity contribution < 1.29 is 9.18 Å². The van der Waals surface area contributed by atoms with Gasteiger partial charge >= 0.3 is 0 Å². The molecule has 0 fully saturated rings. The van der Waals surface area contributed by atoms with Gasteiger partial charge in [-0.1, -0.05) is 12.1 Å². The quantitative estimate of drug-likeness (QED) is 0.897. The Morgan fingerprint density at radius 3 is 2.60 bits per heavy atom. The van der Waals surface area contributed by atoms with Gasteiger partial charge in [-0.25, -0.2) is 9.37 Å². The van der Waals surface area contributed by atoms with E-state index in [1.807, 2.05) is 6.92 Å². The highest BCUT2D eigenvalue weighted by atomic mass is 19.1. The summed E-state index contributed by atoms with van der Waals surface area (Å²) in [6.45, 7) is 1.89. The van der Waals surface area contributed by atoms with Gasteiger partial charge in [0.1, 0.15) is 11.5 Å². The number of hydrogen-bond donors (Lipinski definition) is 2. The molecule has 0 radical (unpaired) electrons. The number of carbonyl (C=O) groups is 1. The predicted molar refractivity (Wildman–Crippen MR) is 75.7 cm³/mol. The first-order chi connectivity index (χ1) is 9.54. The van der Waals surface area contributed by atoms with E-state index in [4.69, 9.17) is 5.73 Å². The second-order valence-corrected chi connectivity index (χ2v) is 4.68. The van der Waals surface area contributed by atoms with Crippen LogP contribution in [0.2, 0.25) is 0 Å². The van der Waals surface area contributed by atoms with E-state index >= 15 is 0 Å². The molecule has 0 aliphatic heterocycles. The van der Waals surface area contributed by atoms with Gasteiger partial charge in [-0.05, 0) is 43.2 Å². The van der Waals surface area contributed by atoms with Crippen molar-refractivity contribution in [2.45, 2.75) is 19.4 Å². The van der Waals surface area contributed by atoms with Crippen molar-refractivity contribution in [3.05, 3.63) is 59.7 Å². The highest BCUT2D eigenvalue weighted by molar-refractivity contribution is 5.92. The number of nitrogens with two attached hydrogens (primary N) is 1. The second kappa shape index (κ2) is 6.14. The zero-order valence-electron chi connectivity index (χ0n) is 11.1. The van der Waals surface area contributed by atoms with Gasteiger partial charge in [0.15, 0.2) is 0 Å². The Morgan fingerprint density at radius 2 is 2.00 bits per heavy atom. The van der Waals surface area contributed by atoms with Crippen LogP contribution >= 0.6 is 0 Å². The summed E-state index contributed by atoms with van der Waals surface area (Å²) in [6, 6.07) is 9.37. The molecule has 1 unspecified atom stereocenters. The molecule has 4 nitrogen and oxygen atoms in total. The molecule has 104 valence electrons. The Labute approximate surface area is 116 Å². The Kier molecular flexibility index (Phi) is 4.30. The third-order valence-corrected chi connectivity index (χ3v) is 2.85. The number of nitrogens with one attached hydrogen (secondary N) is 1. The first-order valence-corrected chi connectivity index (χ1v) is 6.31. The van der Waals surface area contributed by atoms with Crippen molar-refractivity contribution in [3.8, 4) is 0 Å². The van der Waals surface area contributed by atoms with Gasteiger partial charge in [-0.2, -0.15) is 0 Å². The van der Waals surface area contributed by atoms with Gasteiger partial charge in [0, 0.05) is 6.04 Å². The van der Waals surface area contributed by atoms with Gasteiger partial charge in [0.2, 0.25) is 0 Å². The van der Waals surface area contributed by atoms with Crippen LogP contribution in [-0.4, -0.2) is 16.9 Å². The molecule has 2 aromatic rings. The molecule has 1 amide bonds. The standard InChI is InChI=1S/C15H16FN3O/c1-10(8-11-2-4-12(16)5-3-11)19-15(20)14-7-6-13(17)9-18-14/h2-7,9-10H,8,17H2,1H3,(H,19,20). The van der Waals surface area contributed by atoms with Gasteiger partial charge in [0.05, 0.1) is 11.9 Å². The van der Waals surface area contributed by atoms with Crippen molar-refractivity contribution in [2.24, 2.45) is 0 Å². The topological polar surface area (TPSA) is 68.0 Å². The van der Waals surface area contributed by atoms with E-state index in [-0.39, 0.29) is 17.8 Å². The van der Waals surface area contributed by atoms with E-state index in [2.05, 4.69) is 10.3 Å². The molecule has 1 aromatic carbocycles. The number of aromatic nitrogens is 1. The lowest BCUT2D eigenvalue weighted by Crippen LogP contribution is -2.34. The lowest BCUT2D eigenvalue weighted by atomic mass is 10.1. The summed E-state index contributed by atoms with van der Waals surface area (Å²) in [5.41, 5.74) is 7.32. The highest BCUT2D eigenvalue weighted by Gasteiger charge is 2.11. The molecule has 2 rings (SSSR count). The molecule has 3 N–H and O–H groups in total. The summed E-state index contributed by atoms with van der Waals surface area (Å²) >= 11 is 0. The highest BCUT2D eigenvalue weighted by Crippen LogP contribution is 2.07. The molecular formula is C15H16FN3O. The van der Waals surface area contributed by atoms with Gasteiger partial charge in [-0.3, -0.25) is 4.79 Å². The fraction of sp³-hybridized carbons (Fsp3) is 0.200. The number of hydrogen-bond acceptors (Lipinski definition) is 3. The molecule has 1 aromatic heterocycles. The van der Waals surface area contributed by atoms with Gasteiger partial charge in [0.25, 0.3) is 5.91 Å². The molecule has 0 aliphatic rings. The maximum atomic E-state index is 12.8. The summed E-state index contributed by atoms with van der Waals surface area (Å²) in [6.07, 6.45) is 2.07. The van der Waals surface area contributed by atoms with Crippen LogP contribution in [0.4, 0.5) is 10.1 Å². The smallest absolute Gasteiger partial charge is 0.270 e. The van der Waals surface area contributed by atoms with Crippen molar-refractivity contribution >= 4 is 11.6 Å². The number of pyridine rings is 1. The average molecular weight is 273 g/mol. The second-order valence-electron chi connectivity index (χ2n) is 4.68. The fourth-order valence-corrected chi connectivity index (χ4v) is 1.86. The van der Waals surface area contributed by atoms with Crippen LogP contribution in [0.3, 0.4) is 0 Å². The number of carbonyl (C=O) groups excluding carboxylic acids is 1. The minimum Gasteiger partial charge on any atom is -0.397 e. The molecule has 0 saturated heterocycles. The average Bonchev–Trinajstić information content (AvgIpc) is 2.42. The number of anilines is 1. The molecule has 1 heterocycles. The Hall–Kier alpha value is -2.43. The molecule has 0 bridgehead atoms. The van der Waals surface area contributed by atoms with Crippen LogP contribution in [-0.2, 0) is 6.42 Å². The third-order valence-electron chi connectivity index (χ3n) is 2.85. The SMILES string of the molecule is CC(Cc1ccc(F)cc1)NC(=O)c1ccc(N)cn1. The molecule has 0 saturated carbocycles. The van der Waals surface area contributed by atoms with Crippen LogP contribution in [0.15, 0.2) is 42.6 Å². The van der Waals surface area contributed by atoms with E-state index in [1.165, 1.54) is 18.3 Å². The molecule has 5 heteroatoms. The van der Waals surface area contributed by atoms with E-state index in [9.17, 15) is 9.18 Å². The number of nitrogens with zero attached hydrogens (tertiary/aromatic N) is 1. The largest absolute Gasteiger partial charge is 0.397 e. The van der Waals surface area contributed by atoms with Crippen LogP contribution < -0.4 is 11.1 Å². The Balaban J connectivity index is 1.93.